The van der Waals surface area contributed by atoms with E-state index < -0.39 is 11.9 Å². The summed E-state index contributed by atoms with van der Waals surface area (Å²) >= 11 is 0. The van der Waals surface area contributed by atoms with Crippen LogP contribution < -0.4 is 0 Å². The topological polar surface area (TPSA) is 52.6 Å². The average molecular weight is 226 g/mol. The van der Waals surface area contributed by atoms with Crippen molar-refractivity contribution in [2.45, 2.75) is 44.8 Å². The van der Waals surface area contributed by atoms with E-state index >= 15 is 0 Å². The Balaban J connectivity index is 2.26. The number of fused-ring (bicyclic) bond motifs is 2. The number of carbonyl (C=O) groups is 2. The number of Topliss-reactive ketones (excluding diaryl/α,β-unsaturated/α-hetero) is 1. The second-order valence-corrected chi connectivity index (χ2v) is 4.86. The van der Waals surface area contributed by atoms with Gasteiger partial charge in [0.2, 0.25) is 0 Å². The normalized spacial score (nSPS) is 42.2. The molecule has 2 fully saturated rings. The van der Waals surface area contributed by atoms with Crippen LogP contribution in [0.2, 0.25) is 0 Å². The van der Waals surface area contributed by atoms with E-state index in [2.05, 4.69) is 11.7 Å². The van der Waals surface area contributed by atoms with Gasteiger partial charge in [-0.15, -0.1) is 0 Å². The molecule has 16 heavy (non-hydrogen) atoms. The third kappa shape index (κ3) is 1.47. The number of rotatable bonds is 2. The lowest BCUT2D eigenvalue weighted by Gasteiger charge is -2.36. The van der Waals surface area contributed by atoms with Gasteiger partial charge in [0.05, 0.1) is 18.8 Å². The van der Waals surface area contributed by atoms with Crippen LogP contribution in [0.4, 0.5) is 0 Å². The first-order chi connectivity index (χ1) is 7.54. The van der Waals surface area contributed by atoms with Crippen molar-refractivity contribution < 1.29 is 19.1 Å². The van der Waals surface area contributed by atoms with E-state index in [1.54, 1.807) is 0 Å². The van der Waals surface area contributed by atoms with Crippen LogP contribution in [-0.2, 0) is 19.1 Å². The lowest BCUT2D eigenvalue weighted by molar-refractivity contribution is -0.171. The minimum absolute atomic E-state index is 0.0192. The molecule has 4 atom stereocenters. The van der Waals surface area contributed by atoms with E-state index in [9.17, 15) is 9.59 Å². The van der Waals surface area contributed by atoms with E-state index in [4.69, 9.17) is 4.74 Å². The van der Waals surface area contributed by atoms with Crippen molar-refractivity contribution in [3.63, 3.8) is 0 Å². The van der Waals surface area contributed by atoms with E-state index in [0.29, 0.717) is 12.3 Å². The number of hydrogen-bond donors (Lipinski definition) is 0. The van der Waals surface area contributed by atoms with Crippen molar-refractivity contribution in [1.82, 2.24) is 0 Å². The molecule has 2 rings (SSSR count). The third-order valence-corrected chi connectivity index (χ3v) is 4.12. The molecule has 0 N–H and O–H groups in total. The van der Waals surface area contributed by atoms with Crippen molar-refractivity contribution in [3.05, 3.63) is 0 Å². The quantitative estimate of drug-likeness (QED) is 0.526. The molecule has 0 amide bonds. The highest BCUT2D eigenvalue weighted by Crippen LogP contribution is 2.48. The standard InChI is InChI=1S/C12H18O4/c1-4-12-6-8(13)10(11(14)15-3)9(16-12)5-7(12)2/h7,9-10H,4-6H2,1-3H3/t7-,9+,10-,12+/m0/s1. The molecule has 0 saturated carbocycles. The number of esters is 1. The smallest absolute Gasteiger partial charge is 0.318 e. The van der Waals surface area contributed by atoms with Gasteiger partial charge in [-0.05, 0) is 18.8 Å². The second kappa shape index (κ2) is 3.84. The predicted molar refractivity (Wildman–Crippen MR) is 56.8 cm³/mol. The summed E-state index contributed by atoms with van der Waals surface area (Å²) in [5.41, 5.74) is -0.327. The largest absolute Gasteiger partial charge is 0.468 e. The molecule has 90 valence electrons. The molecular weight excluding hydrogens is 208 g/mol. The Morgan fingerprint density at radius 2 is 2.31 bits per heavy atom. The molecule has 2 aliphatic rings. The Morgan fingerprint density at radius 1 is 1.62 bits per heavy atom. The maximum absolute atomic E-state index is 12.0. The lowest BCUT2D eigenvalue weighted by Crippen LogP contribution is -2.47. The van der Waals surface area contributed by atoms with E-state index in [-0.39, 0.29) is 17.5 Å². The predicted octanol–water partition coefficient (Wildman–Crippen LogP) is 1.32. The summed E-state index contributed by atoms with van der Waals surface area (Å²) in [5, 5.41) is 0. The second-order valence-electron chi connectivity index (χ2n) is 4.86. The summed E-state index contributed by atoms with van der Waals surface area (Å²) in [5.74, 6) is -0.834. The SMILES string of the molecule is CC[C@@]12CC(=O)[C@H](C(=O)OC)[C@@H](C[C@@H]1C)O2. The summed E-state index contributed by atoms with van der Waals surface area (Å²) in [6.07, 6.45) is 1.67. The zero-order valence-corrected chi connectivity index (χ0v) is 9.99. The fraction of sp³-hybridized carbons (Fsp3) is 0.833. The Morgan fingerprint density at radius 3 is 2.88 bits per heavy atom. The fourth-order valence-electron chi connectivity index (χ4n) is 3.03. The van der Waals surface area contributed by atoms with E-state index in [0.717, 1.165) is 12.8 Å². The first-order valence-corrected chi connectivity index (χ1v) is 5.82. The van der Waals surface area contributed by atoms with Gasteiger partial charge in [-0.1, -0.05) is 13.8 Å². The number of hydrogen-bond acceptors (Lipinski definition) is 4. The first-order valence-electron chi connectivity index (χ1n) is 5.82. The monoisotopic (exact) mass is 226 g/mol. The van der Waals surface area contributed by atoms with Gasteiger partial charge in [-0.3, -0.25) is 9.59 Å². The van der Waals surface area contributed by atoms with Crippen molar-refractivity contribution >= 4 is 11.8 Å². The molecule has 0 radical (unpaired) electrons. The molecule has 2 heterocycles. The molecular formula is C12H18O4. The summed E-state index contributed by atoms with van der Waals surface area (Å²) < 4.78 is 10.6. The highest BCUT2D eigenvalue weighted by Gasteiger charge is 2.56. The van der Waals surface area contributed by atoms with Crippen LogP contribution in [0.25, 0.3) is 0 Å². The molecule has 2 saturated heterocycles. The van der Waals surface area contributed by atoms with Crippen LogP contribution in [0.1, 0.15) is 33.1 Å². The Labute approximate surface area is 95.3 Å². The minimum Gasteiger partial charge on any atom is -0.468 e. The maximum Gasteiger partial charge on any atom is 0.318 e. The molecule has 0 aliphatic carbocycles. The number of ether oxygens (including phenoxy) is 2. The summed E-state index contributed by atoms with van der Waals surface area (Å²) in [4.78, 5) is 23.5. The number of carbonyl (C=O) groups excluding carboxylic acids is 2. The molecule has 4 heteroatoms. The van der Waals surface area contributed by atoms with Crippen LogP contribution in [-0.4, -0.2) is 30.6 Å². The Kier molecular flexibility index (Phi) is 2.78. The minimum atomic E-state index is -0.699. The fourth-order valence-corrected chi connectivity index (χ4v) is 3.03. The molecule has 0 aromatic heterocycles. The van der Waals surface area contributed by atoms with Gasteiger partial charge in [0.1, 0.15) is 5.92 Å². The molecule has 0 spiro atoms. The zero-order valence-electron chi connectivity index (χ0n) is 9.99. The van der Waals surface area contributed by atoms with Crippen LogP contribution in [0.3, 0.4) is 0 Å². The van der Waals surface area contributed by atoms with Crippen molar-refractivity contribution in [3.8, 4) is 0 Å². The van der Waals surface area contributed by atoms with E-state index in [1.165, 1.54) is 7.11 Å². The van der Waals surface area contributed by atoms with Gasteiger partial charge >= 0.3 is 5.97 Å². The summed E-state index contributed by atoms with van der Waals surface area (Å²) in [6.45, 7) is 4.13. The molecule has 2 aliphatic heterocycles. The van der Waals surface area contributed by atoms with Gasteiger partial charge in [-0.2, -0.15) is 0 Å². The lowest BCUT2D eigenvalue weighted by atomic mass is 9.82. The maximum atomic E-state index is 12.0. The van der Waals surface area contributed by atoms with E-state index in [1.807, 2.05) is 6.92 Å². The van der Waals surface area contributed by atoms with Crippen LogP contribution >= 0.6 is 0 Å². The Bertz CT molecular complexity index is 325. The van der Waals surface area contributed by atoms with Gasteiger partial charge < -0.3 is 9.47 Å². The molecule has 4 nitrogen and oxygen atoms in total. The number of methoxy groups -OCH3 is 1. The first kappa shape index (κ1) is 11.6. The average Bonchev–Trinajstić information content (AvgIpc) is 2.52. The zero-order chi connectivity index (χ0) is 11.9. The van der Waals surface area contributed by atoms with Gasteiger partial charge in [-0.25, -0.2) is 0 Å². The molecule has 0 aromatic rings. The molecule has 0 unspecified atom stereocenters. The molecule has 2 bridgehead atoms. The highest BCUT2D eigenvalue weighted by atomic mass is 16.5. The van der Waals surface area contributed by atoms with Crippen molar-refractivity contribution in [2.75, 3.05) is 7.11 Å². The van der Waals surface area contributed by atoms with Crippen LogP contribution in [0.5, 0.6) is 0 Å². The van der Waals surface area contributed by atoms with Crippen molar-refractivity contribution in [2.24, 2.45) is 11.8 Å². The van der Waals surface area contributed by atoms with Crippen molar-refractivity contribution in [1.29, 1.82) is 0 Å². The summed E-state index contributed by atoms with van der Waals surface area (Å²) in [7, 11) is 1.32. The van der Waals surface area contributed by atoms with Gasteiger partial charge in [0.15, 0.2) is 5.78 Å². The molecule has 0 aromatic carbocycles. The highest BCUT2D eigenvalue weighted by molar-refractivity contribution is 6.00. The van der Waals surface area contributed by atoms with Crippen LogP contribution in [0.15, 0.2) is 0 Å². The Hall–Kier alpha value is -0.900. The van der Waals surface area contributed by atoms with Gasteiger partial charge in [0.25, 0.3) is 0 Å². The summed E-state index contributed by atoms with van der Waals surface area (Å²) in [6, 6.07) is 0. The van der Waals surface area contributed by atoms with Crippen LogP contribution in [0, 0.1) is 11.8 Å². The van der Waals surface area contributed by atoms with Gasteiger partial charge in [0, 0.05) is 6.42 Å². The third-order valence-electron chi connectivity index (χ3n) is 4.12. The number of ketones is 1.